The first-order valence-corrected chi connectivity index (χ1v) is 5.91. The summed E-state index contributed by atoms with van der Waals surface area (Å²) in [6.07, 6.45) is 5.12. The lowest BCUT2D eigenvalue weighted by molar-refractivity contribution is -0.120. The largest absolute Gasteiger partial charge is 0.390 e. The van der Waals surface area contributed by atoms with Gasteiger partial charge in [0.15, 0.2) is 0 Å². The van der Waals surface area contributed by atoms with Crippen molar-refractivity contribution in [2.75, 3.05) is 6.61 Å². The molecule has 1 saturated heterocycles. The first kappa shape index (κ1) is 12.0. The number of hydrogen-bond donors (Lipinski definition) is 1. The quantitative estimate of drug-likeness (QED) is 0.756. The van der Waals surface area contributed by atoms with E-state index in [1.807, 2.05) is 0 Å². The highest BCUT2D eigenvalue weighted by Gasteiger charge is 2.35. The van der Waals surface area contributed by atoms with E-state index in [1.165, 1.54) is 0 Å². The molecule has 1 rings (SSSR count). The van der Waals surface area contributed by atoms with Crippen molar-refractivity contribution >= 4 is 0 Å². The monoisotopic (exact) mass is 200 g/mol. The lowest BCUT2D eigenvalue weighted by atomic mass is 9.83. The van der Waals surface area contributed by atoms with Crippen LogP contribution in [-0.2, 0) is 4.74 Å². The summed E-state index contributed by atoms with van der Waals surface area (Å²) in [5, 5.41) is 10.3. The molecular weight excluding hydrogens is 176 g/mol. The fraction of sp³-hybridized carbons (Fsp3) is 1.00. The number of rotatable bonds is 4. The maximum atomic E-state index is 10.3. The van der Waals surface area contributed by atoms with Crippen molar-refractivity contribution in [2.24, 2.45) is 5.92 Å². The van der Waals surface area contributed by atoms with Gasteiger partial charge in [-0.1, -0.05) is 33.6 Å². The fourth-order valence-corrected chi connectivity index (χ4v) is 2.10. The number of hydrogen-bond acceptors (Lipinski definition) is 2. The number of aliphatic hydroxyl groups is 1. The van der Waals surface area contributed by atoms with Crippen molar-refractivity contribution in [1.82, 2.24) is 0 Å². The van der Waals surface area contributed by atoms with Crippen molar-refractivity contribution in [3.63, 3.8) is 0 Å². The van der Waals surface area contributed by atoms with Crippen molar-refractivity contribution in [3.05, 3.63) is 0 Å². The Labute approximate surface area is 87.7 Å². The van der Waals surface area contributed by atoms with Crippen LogP contribution in [0.15, 0.2) is 0 Å². The Bertz CT molecular complexity index is 168. The molecule has 1 N–H and O–H groups in total. The Kier molecular flexibility index (Phi) is 4.39. The minimum Gasteiger partial charge on any atom is -0.390 e. The van der Waals surface area contributed by atoms with Crippen molar-refractivity contribution in [3.8, 4) is 0 Å². The van der Waals surface area contributed by atoms with Crippen LogP contribution in [0.25, 0.3) is 0 Å². The van der Waals surface area contributed by atoms with Gasteiger partial charge in [-0.05, 0) is 18.8 Å². The van der Waals surface area contributed by atoms with Gasteiger partial charge in [0.1, 0.15) is 0 Å². The summed E-state index contributed by atoms with van der Waals surface area (Å²) < 4.78 is 5.65. The summed E-state index contributed by atoms with van der Waals surface area (Å²) in [4.78, 5) is 0. The molecule has 0 aliphatic carbocycles. The first-order chi connectivity index (χ1) is 6.57. The van der Waals surface area contributed by atoms with Crippen LogP contribution in [0.5, 0.6) is 0 Å². The zero-order chi connectivity index (χ0) is 10.6. The summed E-state index contributed by atoms with van der Waals surface area (Å²) in [6, 6.07) is 0. The molecule has 1 aliphatic rings. The molecule has 0 bridgehead atoms. The van der Waals surface area contributed by atoms with E-state index in [2.05, 4.69) is 20.8 Å². The van der Waals surface area contributed by atoms with Crippen LogP contribution in [-0.4, -0.2) is 23.4 Å². The minimum atomic E-state index is -0.441. The second-order valence-corrected chi connectivity index (χ2v) is 4.94. The predicted molar refractivity (Wildman–Crippen MR) is 58.3 cm³/mol. The normalized spacial score (nSPS) is 33.6. The van der Waals surface area contributed by atoms with Gasteiger partial charge in [-0.2, -0.15) is 0 Å². The average molecular weight is 200 g/mol. The first-order valence-electron chi connectivity index (χ1n) is 5.91. The summed E-state index contributed by atoms with van der Waals surface area (Å²) >= 11 is 0. The maximum absolute atomic E-state index is 10.3. The van der Waals surface area contributed by atoms with Gasteiger partial charge in [-0.25, -0.2) is 0 Å². The lowest BCUT2D eigenvalue weighted by Gasteiger charge is -2.38. The Morgan fingerprint density at radius 3 is 2.79 bits per heavy atom. The summed E-state index contributed by atoms with van der Waals surface area (Å²) in [5.41, 5.74) is -0.441. The molecule has 2 nitrogen and oxygen atoms in total. The van der Waals surface area contributed by atoms with E-state index < -0.39 is 5.60 Å². The highest BCUT2D eigenvalue weighted by atomic mass is 16.5. The van der Waals surface area contributed by atoms with E-state index in [0.29, 0.717) is 5.92 Å². The van der Waals surface area contributed by atoms with E-state index in [-0.39, 0.29) is 6.10 Å². The molecule has 14 heavy (non-hydrogen) atoms. The zero-order valence-electron chi connectivity index (χ0n) is 9.75. The summed E-state index contributed by atoms with van der Waals surface area (Å²) in [5.74, 6) is 0.517. The second-order valence-electron chi connectivity index (χ2n) is 4.94. The molecule has 0 aromatic heterocycles. The molecule has 1 fully saturated rings. The van der Waals surface area contributed by atoms with Gasteiger partial charge >= 0.3 is 0 Å². The highest BCUT2D eigenvalue weighted by molar-refractivity contribution is 4.86. The Balaban J connectivity index is 2.44. The third kappa shape index (κ3) is 3.25. The Hall–Kier alpha value is -0.0800. The van der Waals surface area contributed by atoms with Crippen LogP contribution in [0, 0.1) is 5.92 Å². The Morgan fingerprint density at radius 2 is 2.21 bits per heavy atom. The number of unbranched alkanes of at least 4 members (excludes halogenated alkanes) is 1. The summed E-state index contributed by atoms with van der Waals surface area (Å²) in [7, 11) is 0. The molecule has 0 radical (unpaired) electrons. The second kappa shape index (κ2) is 5.13. The van der Waals surface area contributed by atoms with Crippen molar-refractivity contribution in [1.29, 1.82) is 0 Å². The minimum absolute atomic E-state index is 0.255. The molecule has 2 unspecified atom stereocenters. The molecule has 2 atom stereocenters. The van der Waals surface area contributed by atoms with Crippen LogP contribution in [0.3, 0.4) is 0 Å². The molecule has 0 amide bonds. The van der Waals surface area contributed by atoms with Gasteiger partial charge in [-0.15, -0.1) is 0 Å². The molecule has 0 aromatic rings. The average Bonchev–Trinajstić information content (AvgIpc) is 2.15. The van der Waals surface area contributed by atoms with Crippen LogP contribution in [0.2, 0.25) is 0 Å². The van der Waals surface area contributed by atoms with Crippen LogP contribution >= 0.6 is 0 Å². The fourth-order valence-electron chi connectivity index (χ4n) is 2.10. The Morgan fingerprint density at radius 1 is 1.50 bits per heavy atom. The van der Waals surface area contributed by atoms with E-state index >= 15 is 0 Å². The van der Waals surface area contributed by atoms with E-state index in [9.17, 15) is 5.11 Å². The van der Waals surface area contributed by atoms with Crippen LogP contribution in [0.4, 0.5) is 0 Å². The molecule has 84 valence electrons. The van der Waals surface area contributed by atoms with E-state index in [0.717, 1.165) is 38.7 Å². The standard InChI is InChI=1S/C12H24O2/c1-4-5-6-12(13)7-8-14-11(9-12)10(2)3/h10-11,13H,4-9H2,1-3H3. The molecular formula is C12H24O2. The van der Waals surface area contributed by atoms with Crippen LogP contribution in [0.1, 0.15) is 52.9 Å². The maximum Gasteiger partial charge on any atom is 0.0694 e. The molecule has 0 saturated carbocycles. The van der Waals surface area contributed by atoms with Crippen molar-refractivity contribution in [2.45, 2.75) is 64.6 Å². The topological polar surface area (TPSA) is 29.5 Å². The zero-order valence-corrected chi connectivity index (χ0v) is 9.75. The van der Waals surface area contributed by atoms with Crippen molar-refractivity contribution < 1.29 is 9.84 Å². The van der Waals surface area contributed by atoms with Gasteiger partial charge in [0.25, 0.3) is 0 Å². The summed E-state index contributed by atoms with van der Waals surface area (Å²) in [6.45, 7) is 7.22. The lowest BCUT2D eigenvalue weighted by Crippen LogP contribution is -2.42. The number of ether oxygens (including phenoxy) is 1. The van der Waals surface area contributed by atoms with Gasteiger partial charge in [0.2, 0.25) is 0 Å². The SMILES string of the molecule is CCCCC1(O)CCOC(C(C)C)C1. The van der Waals surface area contributed by atoms with Gasteiger partial charge in [-0.3, -0.25) is 0 Å². The van der Waals surface area contributed by atoms with Gasteiger partial charge in [0, 0.05) is 13.0 Å². The third-order valence-electron chi connectivity index (χ3n) is 3.22. The molecule has 1 heterocycles. The highest BCUT2D eigenvalue weighted by Crippen LogP contribution is 2.32. The molecule has 0 aromatic carbocycles. The van der Waals surface area contributed by atoms with Crippen LogP contribution < -0.4 is 0 Å². The molecule has 0 spiro atoms. The predicted octanol–water partition coefficient (Wildman–Crippen LogP) is 2.74. The van der Waals surface area contributed by atoms with Gasteiger partial charge < -0.3 is 9.84 Å². The smallest absolute Gasteiger partial charge is 0.0694 e. The van der Waals surface area contributed by atoms with Gasteiger partial charge in [0.05, 0.1) is 11.7 Å². The third-order valence-corrected chi connectivity index (χ3v) is 3.22. The molecule has 1 aliphatic heterocycles. The molecule has 2 heteroatoms. The van der Waals surface area contributed by atoms with E-state index in [4.69, 9.17) is 4.74 Å². The van der Waals surface area contributed by atoms with E-state index in [1.54, 1.807) is 0 Å².